The van der Waals surface area contributed by atoms with Gasteiger partial charge in [0.2, 0.25) is 0 Å². The molecule has 1 saturated carbocycles. The summed E-state index contributed by atoms with van der Waals surface area (Å²) in [4.78, 5) is 0. The van der Waals surface area contributed by atoms with Crippen LogP contribution >= 0.6 is 23.2 Å². The Morgan fingerprint density at radius 2 is 1.71 bits per heavy atom. The second-order valence-electron chi connectivity index (χ2n) is 9.90. The average Bonchev–Trinajstić information content (AvgIpc) is 2.75. The maximum Gasteiger partial charge on any atom is 0.0793 e. The number of nitrogens with one attached hydrogen (secondary N) is 1. The highest BCUT2D eigenvalue weighted by atomic mass is 35.5. The summed E-state index contributed by atoms with van der Waals surface area (Å²) in [5.74, 6) is 1.55. The molecule has 0 spiro atoms. The zero-order valence-electron chi connectivity index (χ0n) is 17.5. The third-order valence-electron chi connectivity index (χ3n) is 8.54. The minimum atomic E-state index is 0.513. The van der Waals surface area contributed by atoms with E-state index in [0.29, 0.717) is 21.4 Å². The predicted octanol–water partition coefficient (Wildman–Crippen LogP) is 6.27. The zero-order valence-corrected chi connectivity index (χ0v) is 19.0. The van der Waals surface area contributed by atoms with Crippen molar-refractivity contribution in [1.82, 2.24) is 5.32 Å². The lowest BCUT2D eigenvalue weighted by Crippen LogP contribution is -2.63. The van der Waals surface area contributed by atoms with Gasteiger partial charge >= 0.3 is 0 Å². The SMILES string of the molecule is CNCC(CC[N+]12CCC(C3CCCCC3)(CC1)CC2)c1ccc(Cl)c(Cl)c1. The van der Waals surface area contributed by atoms with Crippen molar-refractivity contribution < 1.29 is 4.48 Å². The van der Waals surface area contributed by atoms with Crippen molar-refractivity contribution >= 4 is 23.2 Å². The van der Waals surface area contributed by atoms with E-state index in [-0.39, 0.29) is 0 Å². The number of likely N-dealkylation sites (N-methyl/N-ethyl adjacent to an activating group) is 1. The molecule has 0 aromatic heterocycles. The van der Waals surface area contributed by atoms with Crippen LogP contribution in [0.2, 0.25) is 10.0 Å². The van der Waals surface area contributed by atoms with Gasteiger partial charge in [0, 0.05) is 38.1 Å². The van der Waals surface area contributed by atoms with Gasteiger partial charge in [-0.2, -0.15) is 0 Å². The number of halogens is 2. The molecule has 4 heteroatoms. The van der Waals surface area contributed by atoms with Crippen LogP contribution in [0.15, 0.2) is 18.2 Å². The van der Waals surface area contributed by atoms with Crippen molar-refractivity contribution in [2.24, 2.45) is 11.3 Å². The highest BCUT2D eigenvalue weighted by Gasteiger charge is 2.52. The van der Waals surface area contributed by atoms with Crippen molar-refractivity contribution in [1.29, 1.82) is 0 Å². The van der Waals surface area contributed by atoms with Gasteiger partial charge in [-0.3, -0.25) is 0 Å². The van der Waals surface area contributed by atoms with Gasteiger partial charge in [0.25, 0.3) is 0 Å². The van der Waals surface area contributed by atoms with E-state index < -0.39 is 0 Å². The Bertz CT molecular complexity index is 644. The molecule has 28 heavy (non-hydrogen) atoms. The Kier molecular flexibility index (Phi) is 6.62. The number of rotatable bonds is 7. The van der Waals surface area contributed by atoms with Gasteiger partial charge in [0.05, 0.1) is 36.2 Å². The van der Waals surface area contributed by atoms with Gasteiger partial charge in [0.15, 0.2) is 0 Å². The topological polar surface area (TPSA) is 12.0 Å². The lowest BCUT2D eigenvalue weighted by atomic mass is 9.59. The molecule has 1 unspecified atom stereocenters. The molecular weight excluding hydrogens is 387 g/mol. The van der Waals surface area contributed by atoms with Gasteiger partial charge in [-0.1, -0.05) is 48.5 Å². The van der Waals surface area contributed by atoms with Gasteiger partial charge in [-0.25, -0.2) is 0 Å². The number of nitrogens with zero attached hydrogens (tertiary/aromatic N) is 1. The number of quaternary nitrogens is 1. The minimum absolute atomic E-state index is 0.513. The van der Waals surface area contributed by atoms with E-state index in [9.17, 15) is 0 Å². The molecule has 0 amide bonds. The van der Waals surface area contributed by atoms with Gasteiger partial charge < -0.3 is 9.80 Å². The highest BCUT2D eigenvalue weighted by Crippen LogP contribution is 2.53. The van der Waals surface area contributed by atoms with Crippen molar-refractivity contribution in [3.05, 3.63) is 33.8 Å². The van der Waals surface area contributed by atoms with Crippen LogP contribution in [-0.4, -0.2) is 44.3 Å². The number of piperidine rings is 3. The number of hydrogen-bond donors (Lipinski definition) is 1. The second-order valence-corrected chi connectivity index (χ2v) is 10.7. The Balaban J connectivity index is 1.38. The summed E-state index contributed by atoms with van der Waals surface area (Å²) in [7, 11) is 2.05. The first-order valence-electron chi connectivity index (χ1n) is 11.5. The maximum absolute atomic E-state index is 6.30. The van der Waals surface area contributed by atoms with E-state index in [1.807, 2.05) is 6.07 Å². The van der Waals surface area contributed by atoms with E-state index in [1.54, 1.807) is 0 Å². The molecule has 1 aromatic rings. The molecule has 3 saturated heterocycles. The zero-order chi connectivity index (χ0) is 19.6. The molecule has 1 aliphatic carbocycles. The van der Waals surface area contributed by atoms with Crippen molar-refractivity contribution in [2.75, 3.05) is 39.8 Å². The molecule has 2 bridgehead atoms. The molecule has 1 atom stereocenters. The fraction of sp³-hybridized carbons (Fsp3) is 0.750. The largest absolute Gasteiger partial charge is 0.324 e. The summed E-state index contributed by atoms with van der Waals surface area (Å²) < 4.78 is 1.37. The fourth-order valence-corrected chi connectivity index (χ4v) is 6.89. The van der Waals surface area contributed by atoms with Crippen LogP contribution in [0.4, 0.5) is 0 Å². The Labute approximate surface area is 181 Å². The third-order valence-corrected chi connectivity index (χ3v) is 9.28. The van der Waals surface area contributed by atoms with E-state index in [0.717, 1.165) is 12.5 Å². The standard InChI is InChI=1S/C24H37Cl2N2/c1-27-18-20(19-7-8-22(25)23(26)17-19)9-13-28-14-10-24(11-15-28,12-16-28)21-5-3-2-4-6-21/h7-8,17,20-21,27H,2-6,9-16,18H2,1H3/q+1. The highest BCUT2D eigenvalue weighted by molar-refractivity contribution is 6.42. The van der Waals surface area contributed by atoms with E-state index in [1.165, 1.54) is 94.0 Å². The van der Waals surface area contributed by atoms with Crippen LogP contribution in [0.1, 0.15) is 69.3 Å². The molecule has 1 aromatic carbocycles. The lowest BCUT2D eigenvalue weighted by Gasteiger charge is -2.58. The fourth-order valence-electron chi connectivity index (χ4n) is 6.58. The molecule has 1 N–H and O–H groups in total. The quantitative estimate of drug-likeness (QED) is 0.509. The summed E-state index contributed by atoms with van der Waals surface area (Å²) in [6.07, 6.45) is 13.2. The number of hydrogen-bond acceptors (Lipinski definition) is 1. The first kappa shape index (κ1) is 21.0. The van der Waals surface area contributed by atoms with Crippen molar-refractivity contribution in [3.8, 4) is 0 Å². The van der Waals surface area contributed by atoms with E-state index in [2.05, 4.69) is 24.5 Å². The van der Waals surface area contributed by atoms with Crippen LogP contribution < -0.4 is 5.32 Å². The summed E-state index contributed by atoms with van der Waals surface area (Å²) in [5.41, 5.74) is 2.04. The lowest BCUT2D eigenvalue weighted by molar-refractivity contribution is -0.946. The summed E-state index contributed by atoms with van der Waals surface area (Å²) >= 11 is 12.4. The maximum atomic E-state index is 6.30. The van der Waals surface area contributed by atoms with Gasteiger partial charge in [-0.05, 0) is 48.9 Å². The smallest absolute Gasteiger partial charge is 0.0793 e. The molecular formula is C24H37Cl2N2+. The summed E-state index contributed by atoms with van der Waals surface area (Å²) in [6.45, 7) is 6.58. The molecule has 2 nitrogen and oxygen atoms in total. The van der Waals surface area contributed by atoms with Crippen LogP contribution in [0.3, 0.4) is 0 Å². The Morgan fingerprint density at radius 3 is 2.32 bits per heavy atom. The molecule has 3 aliphatic heterocycles. The third kappa shape index (κ3) is 4.26. The van der Waals surface area contributed by atoms with Crippen molar-refractivity contribution in [3.63, 3.8) is 0 Å². The monoisotopic (exact) mass is 423 g/mol. The second kappa shape index (κ2) is 8.84. The van der Waals surface area contributed by atoms with Crippen LogP contribution in [0, 0.1) is 11.3 Å². The van der Waals surface area contributed by atoms with E-state index in [4.69, 9.17) is 23.2 Å². The number of fused-ring (bicyclic) bond motifs is 3. The molecule has 5 rings (SSSR count). The molecule has 4 aliphatic rings. The Hall–Kier alpha value is -0.280. The predicted molar refractivity (Wildman–Crippen MR) is 120 cm³/mol. The van der Waals surface area contributed by atoms with Crippen LogP contribution in [0.5, 0.6) is 0 Å². The normalized spacial score (nSPS) is 31.8. The average molecular weight is 424 g/mol. The summed E-state index contributed by atoms with van der Waals surface area (Å²) in [6, 6.07) is 6.19. The van der Waals surface area contributed by atoms with Crippen molar-refractivity contribution in [2.45, 2.75) is 63.7 Å². The molecule has 4 fully saturated rings. The van der Waals surface area contributed by atoms with Gasteiger partial charge in [0.1, 0.15) is 0 Å². The minimum Gasteiger partial charge on any atom is -0.324 e. The van der Waals surface area contributed by atoms with Gasteiger partial charge in [-0.15, -0.1) is 0 Å². The first-order chi connectivity index (χ1) is 13.6. The summed E-state index contributed by atoms with van der Waals surface area (Å²) in [5, 5.41) is 4.73. The van der Waals surface area contributed by atoms with Crippen LogP contribution in [-0.2, 0) is 0 Å². The molecule has 3 heterocycles. The molecule has 0 radical (unpaired) electrons. The first-order valence-corrected chi connectivity index (χ1v) is 12.3. The molecule has 156 valence electrons. The number of benzene rings is 1. The van der Waals surface area contributed by atoms with Crippen LogP contribution in [0.25, 0.3) is 0 Å². The Morgan fingerprint density at radius 1 is 1.04 bits per heavy atom. The van der Waals surface area contributed by atoms with E-state index >= 15 is 0 Å².